The Hall–Kier alpha value is -4.32. The molecule has 16 nitrogen and oxygen atoms in total. The predicted octanol–water partition coefficient (Wildman–Crippen LogP) is -0.777. The molecule has 2 fully saturated rings. The molecular weight excluding hydrogens is 566 g/mol. The Bertz CT molecular complexity index is 1410. The molecule has 6 amide bonds. The molecule has 1 aromatic carbocycles. The molecule has 40 heavy (non-hydrogen) atoms. The number of benzene rings is 1. The molecule has 0 radical (unpaired) electrons. The topological polar surface area (TPSA) is 212 Å². The van der Waals surface area contributed by atoms with Crippen LogP contribution in [0.1, 0.15) is 11.6 Å². The van der Waals surface area contributed by atoms with E-state index in [0.717, 1.165) is 9.80 Å². The molecule has 18 heteroatoms. The van der Waals surface area contributed by atoms with Crippen molar-refractivity contribution in [2.24, 2.45) is 7.05 Å². The molecule has 3 aliphatic heterocycles. The highest BCUT2D eigenvalue weighted by Crippen LogP contribution is 2.41. The smallest absolute Gasteiger partial charge is 0.352 e. The van der Waals surface area contributed by atoms with E-state index in [1.165, 1.54) is 52.5 Å². The maximum Gasteiger partial charge on any atom is 0.352 e. The van der Waals surface area contributed by atoms with Crippen molar-refractivity contribution in [1.29, 1.82) is 0 Å². The summed E-state index contributed by atoms with van der Waals surface area (Å²) in [4.78, 5) is 65.4. The lowest BCUT2D eigenvalue weighted by Crippen LogP contribution is -2.71. The number of hydrogen-bond donors (Lipinski definition) is 5. The maximum absolute atomic E-state index is 13.4. The normalized spacial score (nSPS) is 20.9. The minimum atomic E-state index is -1.31. The number of carbonyl (C=O) groups excluding carboxylic acids is 4. The number of aromatic hydroxyl groups is 1. The second-order valence-electron chi connectivity index (χ2n) is 8.88. The molecule has 2 unspecified atom stereocenters. The van der Waals surface area contributed by atoms with Crippen LogP contribution in [0, 0.1) is 0 Å². The minimum Gasteiger partial charge on any atom is -0.508 e. The number of β-lactam (4-membered cyclic amide) rings is 1. The number of phenolic OH excluding ortho intramolecular Hbond substituents is 1. The van der Waals surface area contributed by atoms with Crippen molar-refractivity contribution in [3.8, 4) is 5.75 Å². The number of carboxylic acid groups (broad SMARTS) is 1. The van der Waals surface area contributed by atoms with Gasteiger partial charge in [-0.2, -0.15) is 0 Å². The van der Waals surface area contributed by atoms with Gasteiger partial charge in [-0.3, -0.25) is 14.5 Å². The molecule has 0 spiro atoms. The number of amides is 6. The summed E-state index contributed by atoms with van der Waals surface area (Å²) in [5.74, 6) is -2.14. The van der Waals surface area contributed by atoms with Gasteiger partial charge in [-0.1, -0.05) is 23.9 Å². The zero-order chi connectivity index (χ0) is 28.6. The fourth-order valence-electron chi connectivity index (χ4n) is 4.36. The summed E-state index contributed by atoms with van der Waals surface area (Å²) < 4.78 is 1.45. The Morgan fingerprint density at radius 2 is 2.00 bits per heavy atom. The average molecular weight is 590 g/mol. The van der Waals surface area contributed by atoms with Gasteiger partial charge in [-0.25, -0.2) is 24.0 Å². The van der Waals surface area contributed by atoms with Crippen LogP contribution in [0.2, 0.25) is 0 Å². The fraction of sp³-hybridized carbons (Fsp3) is 0.364. The Kier molecular flexibility index (Phi) is 7.53. The number of urea groups is 2. The molecule has 0 bridgehead atoms. The van der Waals surface area contributed by atoms with Crippen LogP contribution >= 0.6 is 23.5 Å². The number of tetrazole rings is 1. The number of nitrogens with zero attached hydrogens (tertiary/aromatic N) is 6. The predicted molar refractivity (Wildman–Crippen MR) is 139 cm³/mol. The highest BCUT2D eigenvalue weighted by Gasteiger charge is 2.54. The van der Waals surface area contributed by atoms with Gasteiger partial charge in [-0.15, -0.1) is 16.9 Å². The number of carboxylic acids is 1. The maximum atomic E-state index is 13.4. The number of rotatable bonds is 8. The SMILES string of the molecule is Cn1nnnc1SCC1=C(C(=O)O)N2C(=O)C(NC(=O)C(NC(=O)N3CCNC3=O)c3ccc(O)cc3)[C@H]2SC1. The van der Waals surface area contributed by atoms with Crippen LogP contribution in [0.25, 0.3) is 0 Å². The summed E-state index contributed by atoms with van der Waals surface area (Å²) >= 11 is 2.53. The van der Waals surface area contributed by atoms with Crippen molar-refractivity contribution in [1.82, 2.24) is 46.0 Å². The number of aryl methyl sites for hydroxylation is 1. The van der Waals surface area contributed by atoms with Gasteiger partial charge in [0, 0.05) is 31.6 Å². The van der Waals surface area contributed by atoms with Crippen LogP contribution in [0.5, 0.6) is 5.75 Å². The quantitative estimate of drug-likeness (QED) is 0.190. The number of carbonyl (C=O) groups is 5. The Morgan fingerprint density at radius 3 is 2.62 bits per heavy atom. The summed E-state index contributed by atoms with van der Waals surface area (Å²) in [5, 5.41) is 38.2. The Morgan fingerprint density at radius 1 is 1.25 bits per heavy atom. The lowest BCUT2D eigenvalue weighted by Gasteiger charge is -2.49. The van der Waals surface area contributed by atoms with Gasteiger partial charge in [0.2, 0.25) is 11.1 Å². The van der Waals surface area contributed by atoms with Crippen molar-refractivity contribution >= 4 is 53.4 Å². The van der Waals surface area contributed by atoms with Crippen molar-refractivity contribution in [2.75, 3.05) is 24.6 Å². The van der Waals surface area contributed by atoms with Crippen LogP contribution in [0.3, 0.4) is 0 Å². The van der Waals surface area contributed by atoms with E-state index < -0.39 is 47.3 Å². The third-order valence-corrected chi connectivity index (χ3v) is 8.80. The van der Waals surface area contributed by atoms with E-state index >= 15 is 0 Å². The van der Waals surface area contributed by atoms with Gasteiger partial charge in [0.15, 0.2) is 0 Å². The van der Waals surface area contributed by atoms with Crippen LogP contribution in [0.4, 0.5) is 9.59 Å². The van der Waals surface area contributed by atoms with Crippen LogP contribution in [-0.2, 0) is 21.4 Å². The number of thioether (sulfide) groups is 2. The summed E-state index contributed by atoms with van der Waals surface area (Å²) in [6.07, 6.45) is 0. The van der Waals surface area contributed by atoms with Gasteiger partial charge in [0.1, 0.15) is 28.9 Å². The number of nitrogens with one attached hydrogen (secondary N) is 3. The Balaban J connectivity index is 1.31. The van der Waals surface area contributed by atoms with E-state index in [2.05, 4.69) is 31.5 Å². The third-order valence-electron chi connectivity index (χ3n) is 6.36. The minimum absolute atomic E-state index is 0.0611. The number of aliphatic carboxylic acids is 1. The second-order valence-corrected chi connectivity index (χ2v) is 10.9. The molecule has 210 valence electrons. The number of hydrogen-bond acceptors (Lipinski definition) is 11. The van der Waals surface area contributed by atoms with Gasteiger partial charge in [0.25, 0.3) is 5.91 Å². The average Bonchev–Trinajstić information content (AvgIpc) is 3.56. The van der Waals surface area contributed by atoms with Crippen LogP contribution < -0.4 is 16.0 Å². The first-order valence-electron chi connectivity index (χ1n) is 11.9. The molecule has 2 saturated heterocycles. The number of fused-ring (bicyclic) bond motifs is 1. The molecule has 5 rings (SSSR count). The number of aromatic nitrogens is 4. The molecular formula is C22H23N9O7S2. The molecule has 3 atom stereocenters. The van der Waals surface area contributed by atoms with Gasteiger partial charge >= 0.3 is 18.0 Å². The number of phenols is 1. The third kappa shape index (κ3) is 5.14. The van der Waals surface area contributed by atoms with Crippen LogP contribution in [-0.4, -0.2) is 106 Å². The van der Waals surface area contributed by atoms with E-state index in [4.69, 9.17) is 0 Å². The van der Waals surface area contributed by atoms with Crippen molar-refractivity contribution < 1.29 is 34.2 Å². The largest absolute Gasteiger partial charge is 0.508 e. The summed E-state index contributed by atoms with van der Waals surface area (Å²) in [5.41, 5.74) is 0.662. The first-order chi connectivity index (χ1) is 19.2. The highest BCUT2D eigenvalue weighted by atomic mass is 32.2. The van der Waals surface area contributed by atoms with E-state index in [-0.39, 0.29) is 30.3 Å². The number of imide groups is 1. The molecule has 3 aliphatic rings. The van der Waals surface area contributed by atoms with Crippen molar-refractivity contribution in [2.45, 2.75) is 22.6 Å². The van der Waals surface area contributed by atoms with E-state index in [0.29, 0.717) is 22.0 Å². The first-order valence-corrected chi connectivity index (χ1v) is 13.9. The lowest BCUT2D eigenvalue weighted by molar-refractivity contribution is -0.151. The molecule has 0 saturated carbocycles. The fourth-order valence-corrected chi connectivity index (χ4v) is 6.69. The first kappa shape index (κ1) is 27.3. The van der Waals surface area contributed by atoms with Gasteiger partial charge in [-0.05, 0) is 33.7 Å². The summed E-state index contributed by atoms with van der Waals surface area (Å²) in [6, 6.07) is 1.74. The van der Waals surface area contributed by atoms with E-state index in [1.807, 2.05) is 0 Å². The molecule has 5 N–H and O–H groups in total. The van der Waals surface area contributed by atoms with Gasteiger partial charge in [0.05, 0.1) is 0 Å². The highest BCUT2D eigenvalue weighted by molar-refractivity contribution is 8.01. The monoisotopic (exact) mass is 589 g/mol. The zero-order valence-corrected chi connectivity index (χ0v) is 22.4. The van der Waals surface area contributed by atoms with Gasteiger partial charge < -0.3 is 26.2 Å². The standard InChI is InChI=1S/C22H23N9O7S2/c1-29-22(26-27-28-29)40-9-11-8-39-18-14(17(34)31(18)15(11)19(35)36)24-16(33)13(10-2-4-12(32)5-3-10)25-21(38)30-7-6-23-20(30)37/h2-5,13-14,18,32H,6-9H2,1H3,(H,23,37)(H,24,33)(H,25,38)(H,35,36)/t13?,14?,18-/m1/s1. The summed E-state index contributed by atoms with van der Waals surface area (Å²) in [6.45, 7) is 0.379. The Labute approximate surface area is 234 Å². The van der Waals surface area contributed by atoms with E-state index in [1.54, 1.807) is 7.05 Å². The summed E-state index contributed by atoms with van der Waals surface area (Å²) in [7, 11) is 1.65. The van der Waals surface area contributed by atoms with Crippen LogP contribution in [0.15, 0.2) is 40.7 Å². The second kappa shape index (κ2) is 11.0. The molecule has 0 aliphatic carbocycles. The molecule has 4 heterocycles. The van der Waals surface area contributed by atoms with Crippen molar-refractivity contribution in [3.05, 3.63) is 41.1 Å². The zero-order valence-electron chi connectivity index (χ0n) is 20.8. The van der Waals surface area contributed by atoms with E-state index in [9.17, 15) is 34.2 Å². The lowest BCUT2D eigenvalue weighted by atomic mass is 10.0. The molecule has 1 aromatic heterocycles. The molecule has 2 aromatic rings. The van der Waals surface area contributed by atoms with Crippen molar-refractivity contribution in [3.63, 3.8) is 0 Å².